The molecule has 21 heavy (non-hydrogen) atoms. The zero-order chi connectivity index (χ0) is 15.0. The van der Waals surface area contributed by atoms with Crippen molar-refractivity contribution in [2.45, 2.75) is 13.3 Å². The summed E-state index contributed by atoms with van der Waals surface area (Å²) in [6, 6.07) is 7.63. The van der Waals surface area contributed by atoms with Gasteiger partial charge in [0.2, 0.25) is 0 Å². The molecule has 0 atom stereocenters. The summed E-state index contributed by atoms with van der Waals surface area (Å²) in [5.41, 5.74) is 4.88. The van der Waals surface area contributed by atoms with Crippen molar-refractivity contribution < 1.29 is 9.53 Å². The minimum absolute atomic E-state index is 0.304. The molecular formula is C16H11BrN2O2. The molecule has 0 amide bonds. The second kappa shape index (κ2) is 5.30. The average Bonchev–Trinajstić information content (AvgIpc) is 2.87. The van der Waals surface area contributed by atoms with Crippen LogP contribution in [0.25, 0.3) is 11.1 Å². The van der Waals surface area contributed by atoms with Crippen LogP contribution in [0.5, 0.6) is 0 Å². The van der Waals surface area contributed by atoms with Gasteiger partial charge in [-0.05, 0) is 36.2 Å². The molecule has 104 valence electrons. The Hall–Kier alpha value is -2.19. The van der Waals surface area contributed by atoms with Crippen molar-refractivity contribution in [2.75, 3.05) is 6.61 Å². The molecular weight excluding hydrogens is 332 g/mol. The van der Waals surface area contributed by atoms with Crippen LogP contribution in [0, 0.1) is 11.3 Å². The lowest BCUT2D eigenvalue weighted by molar-refractivity contribution is 0.0519. The Kier molecular flexibility index (Phi) is 3.48. The standard InChI is InChI=1S/C16H11BrN2O2/c1-2-21-16(20)14-6-10-5-11-9(7-18)3-4-13(17)15(11)12(10)8-19-14/h3-4,6,8H,2,5H2,1H3. The van der Waals surface area contributed by atoms with Gasteiger partial charge in [-0.15, -0.1) is 0 Å². The van der Waals surface area contributed by atoms with E-state index >= 15 is 0 Å². The molecule has 1 aliphatic rings. The predicted octanol–water partition coefficient (Wildman–Crippen LogP) is 3.46. The molecule has 1 aromatic heterocycles. The Morgan fingerprint density at radius 1 is 1.52 bits per heavy atom. The quantitative estimate of drug-likeness (QED) is 0.669. The molecule has 0 aliphatic heterocycles. The van der Waals surface area contributed by atoms with Gasteiger partial charge >= 0.3 is 5.97 Å². The van der Waals surface area contributed by atoms with Crippen molar-refractivity contribution in [1.82, 2.24) is 4.98 Å². The predicted molar refractivity (Wildman–Crippen MR) is 80.9 cm³/mol. The number of nitrogens with zero attached hydrogens (tertiary/aromatic N) is 2. The molecule has 0 fully saturated rings. The number of esters is 1. The number of pyridine rings is 1. The van der Waals surface area contributed by atoms with Gasteiger partial charge in [0.25, 0.3) is 0 Å². The van der Waals surface area contributed by atoms with Crippen molar-refractivity contribution in [2.24, 2.45) is 0 Å². The molecule has 0 unspecified atom stereocenters. The highest BCUT2D eigenvalue weighted by Crippen LogP contribution is 2.42. The van der Waals surface area contributed by atoms with Gasteiger partial charge in [0, 0.05) is 28.2 Å². The second-order valence-corrected chi connectivity index (χ2v) is 5.54. The molecule has 0 saturated carbocycles. The zero-order valence-electron chi connectivity index (χ0n) is 11.3. The van der Waals surface area contributed by atoms with Crippen LogP contribution in [0.2, 0.25) is 0 Å². The third-order valence-electron chi connectivity index (χ3n) is 3.49. The van der Waals surface area contributed by atoms with E-state index in [4.69, 9.17) is 4.74 Å². The lowest BCUT2D eigenvalue weighted by atomic mass is 10.0. The summed E-state index contributed by atoms with van der Waals surface area (Å²) < 4.78 is 5.90. The van der Waals surface area contributed by atoms with Gasteiger partial charge in [0.15, 0.2) is 0 Å². The fourth-order valence-electron chi connectivity index (χ4n) is 2.57. The summed E-state index contributed by atoms with van der Waals surface area (Å²) in [5.74, 6) is -0.421. The van der Waals surface area contributed by atoms with Gasteiger partial charge < -0.3 is 4.74 Å². The normalized spacial score (nSPS) is 11.5. The van der Waals surface area contributed by atoms with Crippen LogP contribution in [-0.4, -0.2) is 17.6 Å². The number of halogens is 1. The van der Waals surface area contributed by atoms with E-state index < -0.39 is 5.97 Å². The molecule has 2 aromatic rings. The number of ether oxygens (including phenoxy) is 1. The summed E-state index contributed by atoms with van der Waals surface area (Å²) >= 11 is 3.52. The highest BCUT2D eigenvalue weighted by molar-refractivity contribution is 9.10. The Morgan fingerprint density at radius 3 is 3.05 bits per heavy atom. The monoisotopic (exact) mass is 342 g/mol. The van der Waals surface area contributed by atoms with E-state index in [1.165, 1.54) is 0 Å². The summed E-state index contributed by atoms with van der Waals surface area (Å²) in [4.78, 5) is 15.9. The first kappa shape index (κ1) is 13.8. The number of fused-ring (bicyclic) bond motifs is 3. The van der Waals surface area contributed by atoms with E-state index in [-0.39, 0.29) is 0 Å². The average molecular weight is 343 g/mol. The first-order chi connectivity index (χ1) is 10.2. The zero-order valence-corrected chi connectivity index (χ0v) is 12.9. The van der Waals surface area contributed by atoms with E-state index in [1.807, 2.05) is 6.07 Å². The molecule has 0 saturated heterocycles. The Morgan fingerprint density at radius 2 is 2.33 bits per heavy atom. The van der Waals surface area contributed by atoms with Crippen LogP contribution >= 0.6 is 15.9 Å². The summed E-state index contributed by atoms with van der Waals surface area (Å²) in [6.45, 7) is 2.08. The number of benzene rings is 1. The molecule has 1 heterocycles. The number of hydrogen-bond donors (Lipinski definition) is 0. The maximum absolute atomic E-state index is 11.8. The molecule has 5 heteroatoms. The van der Waals surface area contributed by atoms with Crippen LogP contribution in [0.3, 0.4) is 0 Å². The summed E-state index contributed by atoms with van der Waals surface area (Å²) in [6.07, 6.45) is 2.31. The minimum Gasteiger partial charge on any atom is -0.461 e. The number of carbonyl (C=O) groups is 1. The SMILES string of the molecule is CCOC(=O)c1cc2c(cn1)-c1c(Br)ccc(C#N)c1C2. The Balaban J connectivity index is 2.11. The molecule has 3 rings (SSSR count). The smallest absolute Gasteiger partial charge is 0.356 e. The van der Waals surface area contributed by atoms with Crippen LogP contribution in [-0.2, 0) is 11.2 Å². The summed E-state index contributed by atoms with van der Waals surface area (Å²) in [5, 5.41) is 9.23. The summed E-state index contributed by atoms with van der Waals surface area (Å²) in [7, 11) is 0. The van der Waals surface area contributed by atoms with E-state index in [2.05, 4.69) is 27.0 Å². The molecule has 0 N–H and O–H groups in total. The van der Waals surface area contributed by atoms with Crippen molar-refractivity contribution >= 4 is 21.9 Å². The molecule has 0 bridgehead atoms. The third-order valence-corrected chi connectivity index (χ3v) is 4.15. The lowest BCUT2D eigenvalue weighted by Crippen LogP contribution is -2.07. The van der Waals surface area contributed by atoms with Crippen molar-refractivity contribution in [3.63, 3.8) is 0 Å². The van der Waals surface area contributed by atoms with Crippen molar-refractivity contribution in [1.29, 1.82) is 5.26 Å². The van der Waals surface area contributed by atoms with Gasteiger partial charge in [0.1, 0.15) is 5.69 Å². The van der Waals surface area contributed by atoms with E-state index in [0.717, 1.165) is 26.7 Å². The van der Waals surface area contributed by atoms with E-state index in [9.17, 15) is 10.1 Å². The number of carbonyl (C=O) groups excluding carboxylic acids is 1. The van der Waals surface area contributed by atoms with Gasteiger partial charge in [-0.1, -0.05) is 15.9 Å². The second-order valence-electron chi connectivity index (χ2n) is 4.68. The fraction of sp³-hybridized carbons (Fsp3) is 0.188. The molecule has 0 spiro atoms. The van der Waals surface area contributed by atoms with E-state index in [0.29, 0.717) is 24.3 Å². The fourth-order valence-corrected chi connectivity index (χ4v) is 3.16. The maximum Gasteiger partial charge on any atom is 0.356 e. The van der Waals surface area contributed by atoms with Gasteiger partial charge in [-0.2, -0.15) is 5.26 Å². The van der Waals surface area contributed by atoms with Crippen LogP contribution in [0.15, 0.2) is 28.9 Å². The topological polar surface area (TPSA) is 63.0 Å². The first-order valence-corrected chi connectivity index (χ1v) is 7.33. The van der Waals surface area contributed by atoms with E-state index in [1.54, 1.807) is 25.3 Å². The number of nitriles is 1. The maximum atomic E-state index is 11.8. The van der Waals surface area contributed by atoms with Crippen molar-refractivity contribution in [3.8, 4) is 17.2 Å². The van der Waals surface area contributed by atoms with Gasteiger partial charge in [0.05, 0.1) is 18.2 Å². The largest absolute Gasteiger partial charge is 0.461 e. The highest BCUT2D eigenvalue weighted by Gasteiger charge is 2.25. The molecule has 4 nitrogen and oxygen atoms in total. The first-order valence-electron chi connectivity index (χ1n) is 6.53. The third kappa shape index (κ3) is 2.22. The van der Waals surface area contributed by atoms with Crippen LogP contribution in [0.4, 0.5) is 0 Å². The number of hydrogen-bond acceptors (Lipinski definition) is 4. The van der Waals surface area contributed by atoms with Gasteiger partial charge in [-0.25, -0.2) is 9.78 Å². The molecule has 1 aromatic carbocycles. The highest BCUT2D eigenvalue weighted by atomic mass is 79.9. The van der Waals surface area contributed by atoms with Crippen molar-refractivity contribution in [3.05, 3.63) is 51.3 Å². The van der Waals surface area contributed by atoms with Gasteiger partial charge in [-0.3, -0.25) is 0 Å². The minimum atomic E-state index is -0.421. The molecule has 1 aliphatic carbocycles. The Bertz CT molecular complexity index is 794. The number of rotatable bonds is 2. The van der Waals surface area contributed by atoms with Crippen LogP contribution in [0.1, 0.15) is 34.1 Å². The molecule has 0 radical (unpaired) electrons. The lowest BCUT2D eigenvalue weighted by Gasteiger charge is -2.06. The number of aromatic nitrogens is 1. The van der Waals surface area contributed by atoms with Crippen LogP contribution < -0.4 is 0 Å². The Labute approximate surface area is 130 Å².